The van der Waals surface area contributed by atoms with Gasteiger partial charge >= 0.3 is 12.1 Å². The van der Waals surface area contributed by atoms with Crippen molar-refractivity contribution in [3.8, 4) is 11.3 Å². The largest absolute Gasteiger partial charge is 0.463 e. The topological polar surface area (TPSA) is 90.0 Å². The Morgan fingerprint density at radius 3 is 2.64 bits per heavy atom. The number of thioether (sulfide) groups is 1. The number of benzene rings is 1. The normalized spacial score (nSPS) is 15.5. The van der Waals surface area contributed by atoms with Crippen LogP contribution in [0.4, 0.5) is 18.0 Å². The molecule has 0 atom stereocenters. The average Bonchev–Trinajstić information content (AvgIpc) is 3.50. The fourth-order valence-electron chi connectivity index (χ4n) is 3.03. The van der Waals surface area contributed by atoms with E-state index in [1.165, 1.54) is 49.6 Å². The number of carbonyl (C=O) groups is 3. The molecule has 3 aromatic rings. The first-order valence-corrected chi connectivity index (χ1v) is 10.2. The number of furan rings is 2. The number of hydrogen-bond donors (Lipinski definition) is 0. The molecule has 0 radical (unpaired) electrons. The summed E-state index contributed by atoms with van der Waals surface area (Å²) in [7, 11) is 1.19. The molecule has 33 heavy (non-hydrogen) atoms. The van der Waals surface area contributed by atoms with Gasteiger partial charge in [0.1, 0.15) is 17.3 Å². The third-order valence-corrected chi connectivity index (χ3v) is 5.52. The number of ether oxygens (including phenoxy) is 1. The molecule has 0 spiro atoms. The Kier molecular flexibility index (Phi) is 5.90. The fourth-order valence-corrected chi connectivity index (χ4v) is 3.85. The van der Waals surface area contributed by atoms with Crippen LogP contribution in [0, 0.1) is 0 Å². The molecule has 0 saturated carbocycles. The highest BCUT2D eigenvalue weighted by Gasteiger charge is 2.36. The maximum Gasteiger partial charge on any atom is 0.416 e. The van der Waals surface area contributed by atoms with Gasteiger partial charge < -0.3 is 13.6 Å². The van der Waals surface area contributed by atoms with Gasteiger partial charge in [-0.25, -0.2) is 4.79 Å². The predicted octanol–water partition coefficient (Wildman–Crippen LogP) is 5.58. The number of methoxy groups -OCH3 is 1. The van der Waals surface area contributed by atoms with Gasteiger partial charge in [0.2, 0.25) is 5.76 Å². The van der Waals surface area contributed by atoms with Crippen LogP contribution in [0.3, 0.4) is 0 Å². The molecule has 0 aliphatic carbocycles. The Balaban J connectivity index is 1.51. The number of alkyl halides is 3. The van der Waals surface area contributed by atoms with E-state index >= 15 is 0 Å². The molecule has 2 aromatic heterocycles. The van der Waals surface area contributed by atoms with E-state index < -0.39 is 28.9 Å². The Labute approximate surface area is 188 Å². The Hall–Kier alpha value is -3.73. The quantitative estimate of drug-likeness (QED) is 0.350. The van der Waals surface area contributed by atoms with Crippen molar-refractivity contribution >= 4 is 35.0 Å². The third kappa shape index (κ3) is 4.72. The fraction of sp³-hybridized carbons (Fsp3) is 0.136. The van der Waals surface area contributed by atoms with Crippen LogP contribution in [0.2, 0.25) is 0 Å². The minimum absolute atomic E-state index is 0.0623. The summed E-state index contributed by atoms with van der Waals surface area (Å²) in [5.41, 5.74) is -0.593. The average molecular weight is 477 g/mol. The second-order valence-electron chi connectivity index (χ2n) is 6.81. The van der Waals surface area contributed by atoms with Gasteiger partial charge in [-0.2, -0.15) is 13.2 Å². The molecule has 1 fully saturated rings. The monoisotopic (exact) mass is 477 g/mol. The van der Waals surface area contributed by atoms with Crippen molar-refractivity contribution in [3.05, 3.63) is 76.3 Å². The SMILES string of the molecule is COC(=O)c1ccc(CN2C(=O)SC(=Cc3ccc(-c4cccc(C(F)(F)F)c4)o3)C2=O)o1. The van der Waals surface area contributed by atoms with Gasteiger partial charge in [0.05, 0.1) is 24.1 Å². The molecule has 1 saturated heterocycles. The molecule has 4 rings (SSSR count). The van der Waals surface area contributed by atoms with Gasteiger partial charge in [0.25, 0.3) is 11.1 Å². The second kappa shape index (κ2) is 8.66. The Morgan fingerprint density at radius 1 is 1.12 bits per heavy atom. The van der Waals surface area contributed by atoms with Crippen molar-refractivity contribution in [2.75, 3.05) is 7.11 Å². The summed E-state index contributed by atoms with van der Waals surface area (Å²) in [5, 5.41) is -0.549. The van der Waals surface area contributed by atoms with Crippen LogP contribution in [-0.2, 0) is 22.3 Å². The van der Waals surface area contributed by atoms with Crippen molar-refractivity contribution < 1.29 is 41.1 Å². The molecule has 7 nitrogen and oxygen atoms in total. The summed E-state index contributed by atoms with van der Waals surface area (Å²) in [5.74, 6) is -0.768. The molecule has 0 unspecified atom stereocenters. The minimum atomic E-state index is -4.49. The number of rotatable bonds is 5. The smallest absolute Gasteiger partial charge is 0.416 e. The molecule has 1 aromatic carbocycles. The van der Waals surface area contributed by atoms with Crippen molar-refractivity contribution in [1.82, 2.24) is 4.90 Å². The predicted molar refractivity (Wildman–Crippen MR) is 111 cm³/mol. The van der Waals surface area contributed by atoms with E-state index in [1.54, 1.807) is 0 Å². The van der Waals surface area contributed by atoms with Crippen molar-refractivity contribution in [1.29, 1.82) is 0 Å². The number of halogens is 3. The first kappa shape index (κ1) is 22.5. The summed E-state index contributed by atoms with van der Waals surface area (Å²) < 4.78 is 54.2. The zero-order chi connectivity index (χ0) is 23.8. The van der Waals surface area contributed by atoms with Crippen LogP contribution in [0.5, 0.6) is 0 Å². The maximum atomic E-state index is 12.9. The molecule has 1 aliphatic heterocycles. The zero-order valence-corrected chi connectivity index (χ0v) is 17.7. The molecule has 11 heteroatoms. The molecule has 170 valence electrons. The van der Waals surface area contributed by atoms with E-state index in [2.05, 4.69) is 4.74 Å². The van der Waals surface area contributed by atoms with E-state index in [1.807, 2.05) is 0 Å². The van der Waals surface area contributed by atoms with Crippen molar-refractivity contribution in [2.45, 2.75) is 12.7 Å². The molecule has 3 heterocycles. The van der Waals surface area contributed by atoms with Gasteiger partial charge in [-0.1, -0.05) is 12.1 Å². The van der Waals surface area contributed by atoms with Crippen molar-refractivity contribution in [3.63, 3.8) is 0 Å². The molecule has 0 bridgehead atoms. The second-order valence-corrected chi connectivity index (χ2v) is 7.80. The highest BCUT2D eigenvalue weighted by Crippen LogP contribution is 2.36. The lowest BCUT2D eigenvalue weighted by Crippen LogP contribution is -2.27. The Bertz CT molecular complexity index is 1270. The number of amides is 2. The van der Waals surface area contributed by atoms with Crippen LogP contribution in [0.15, 0.2) is 62.3 Å². The summed E-state index contributed by atoms with van der Waals surface area (Å²) in [4.78, 5) is 37.5. The van der Waals surface area contributed by atoms with E-state index in [4.69, 9.17) is 8.83 Å². The summed E-state index contributed by atoms with van der Waals surface area (Å²) in [6, 6.07) is 10.4. The summed E-state index contributed by atoms with van der Waals surface area (Å²) in [6.07, 6.45) is -3.15. The highest BCUT2D eigenvalue weighted by atomic mass is 32.2. The first-order valence-electron chi connectivity index (χ1n) is 9.35. The van der Waals surface area contributed by atoms with Crippen molar-refractivity contribution in [2.24, 2.45) is 0 Å². The van der Waals surface area contributed by atoms with E-state index in [9.17, 15) is 27.6 Å². The number of imide groups is 1. The Morgan fingerprint density at radius 2 is 1.91 bits per heavy atom. The van der Waals surface area contributed by atoms with Gasteiger partial charge in [-0.3, -0.25) is 14.5 Å². The lowest BCUT2D eigenvalue weighted by molar-refractivity contribution is -0.137. The van der Waals surface area contributed by atoms with E-state index in [-0.39, 0.29) is 40.1 Å². The van der Waals surface area contributed by atoms with Crippen LogP contribution in [0.1, 0.15) is 27.6 Å². The molecule has 2 amide bonds. The lowest BCUT2D eigenvalue weighted by atomic mass is 10.1. The van der Waals surface area contributed by atoms with E-state index in [0.29, 0.717) is 11.8 Å². The zero-order valence-electron chi connectivity index (χ0n) is 16.8. The van der Waals surface area contributed by atoms with Gasteiger partial charge in [-0.05, 0) is 48.2 Å². The number of carbonyl (C=O) groups excluding carboxylic acids is 3. The van der Waals surface area contributed by atoms with E-state index in [0.717, 1.165) is 17.0 Å². The summed E-state index contributed by atoms with van der Waals surface area (Å²) in [6.45, 7) is -0.188. The maximum absolute atomic E-state index is 12.9. The van der Waals surface area contributed by atoms with Gasteiger partial charge in [-0.15, -0.1) is 0 Å². The summed E-state index contributed by atoms with van der Waals surface area (Å²) >= 11 is 0.681. The van der Waals surface area contributed by atoms with Crippen LogP contribution < -0.4 is 0 Å². The van der Waals surface area contributed by atoms with Crippen LogP contribution in [0.25, 0.3) is 17.4 Å². The molecule has 0 N–H and O–H groups in total. The lowest BCUT2D eigenvalue weighted by Gasteiger charge is -2.09. The molecular formula is C22H14F3NO6S. The number of hydrogen-bond acceptors (Lipinski definition) is 7. The van der Waals surface area contributed by atoms with Gasteiger partial charge in [0.15, 0.2) is 0 Å². The van der Waals surface area contributed by atoms with Crippen LogP contribution in [-0.4, -0.2) is 29.1 Å². The number of nitrogens with zero attached hydrogens (tertiary/aromatic N) is 1. The van der Waals surface area contributed by atoms with Crippen LogP contribution >= 0.6 is 11.8 Å². The first-order chi connectivity index (χ1) is 15.7. The van der Waals surface area contributed by atoms with Gasteiger partial charge in [0, 0.05) is 11.6 Å². The molecular weight excluding hydrogens is 463 g/mol. The molecule has 1 aliphatic rings. The number of esters is 1. The minimum Gasteiger partial charge on any atom is -0.463 e. The third-order valence-electron chi connectivity index (χ3n) is 4.61. The standard InChI is InChI=1S/C22H14F3NO6S/c1-30-20(28)17-8-6-15(32-17)11-26-19(27)18(33-21(26)29)10-14-5-7-16(31-14)12-3-2-4-13(9-12)22(23,24)25/h2-10H,11H2,1H3. The highest BCUT2D eigenvalue weighted by molar-refractivity contribution is 8.18.